The molecule has 0 rings (SSSR count). The first-order chi connectivity index (χ1) is 3.46. The van der Waals surface area contributed by atoms with E-state index in [0.29, 0.717) is 0 Å². The van der Waals surface area contributed by atoms with Gasteiger partial charge in [-0.2, -0.15) is 0 Å². The minimum atomic E-state index is -2.33. The minimum Gasteiger partial charge on any atom is -0.652 e. The summed E-state index contributed by atoms with van der Waals surface area (Å²) in [6.45, 7) is 0. The second-order valence-corrected chi connectivity index (χ2v) is 0.488. The van der Waals surface area contributed by atoms with Crippen molar-refractivity contribution in [1.82, 2.24) is 0 Å². The van der Waals surface area contributed by atoms with Crippen LogP contribution in [0, 0.1) is 10.1 Å². The van der Waals surface area contributed by atoms with E-state index >= 15 is 0 Å². The zero-order valence-corrected chi connectivity index (χ0v) is 11.7. The molecule has 10 heavy (non-hydrogen) atoms. The van der Waals surface area contributed by atoms with Crippen molar-refractivity contribution in [2.24, 2.45) is 0 Å². The zero-order chi connectivity index (χ0) is 7.15. The van der Waals surface area contributed by atoms with E-state index in [1.165, 1.54) is 0 Å². The Morgan fingerprint density at radius 3 is 1.30 bits per heavy atom. The molecule has 0 bridgehead atoms. The number of hydrogen-bond acceptors (Lipinski definition) is 5. The molecule has 0 aliphatic rings. The number of hydrogen-bond donors (Lipinski definition) is 1. The SMILES string of the molecule is O=C([O-])[O-].O=[N+]([O-])O.[K+].[K+]. The second-order valence-electron chi connectivity index (χ2n) is 0.488. The van der Waals surface area contributed by atoms with Gasteiger partial charge in [0.15, 0.2) is 0 Å². The van der Waals surface area contributed by atoms with E-state index in [9.17, 15) is 0 Å². The second kappa shape index (κ2) is 17.0. The summed E-state index contributed by atoms with van der Waals surface area (Å²) in [5.74, 6) is 0. The third-order valence-corrected chi connectivity index (χ3v) is 0. The Kier molecular flexibility index (Phi) is 38.5. The molecule has 0 radical (unpaired) electrons. The summed E-state index contributed by atoms with van der Waals surface area (Å²) in [6, 6.07) is 0. The van der Waals surface area contributed by atoms with E-state index < -0.39 is 11.2 Å². The molecule has 48 valence electrons. The summed E-state index contributed by atoms with van der Waals surface area (Å²) in [5.41, 5.74) is 0. The summed E-state index contributed by atoms with van der Waals surface area (Å²) in [4.78, 5) is 16.7. The van der Waals surface area contributed by atoms with Crippen molar-refractivity contribution >= 4 is 6.16 Å². The van der Waals surface area contributed by atoms with E-state index in [1.54, 1.807) is 0 Å². The van der Waals surface area contributed by atoms with E-state index in [0.717, 1.165) is 0 Å². The first kappa shape index (κ1) is 22.6. The fourth-order valence-electron chi connectivity index (χ4n) is 0. The van der Waals surface area contributed by atoms with Gasteiger partial charge in [0.2, 0.25) is 0 Å². The maximum atomic E-state index is 8.36. The molecule has 0 fully saturated rings. The molecule has 0 aromatic carbocycles. The van der Waals surface area contributed by atoms with Gasteiger partial charge >= 0.3 is 103 Å². The van der Waals surface area contributed by atoms with Crippen LogP contribution in [0.3, 0.4) is 0 Å². The fourth-order valence-corrected chi connectivity index (χ4v) is 0. The van der Waals surface area contributed by atoms with Gasteiger partial charge in [-0.1, -0.05) is 0 Å². The minimum absolute atomic E-state index is 0. The van der Waals surface area contributed by atoms with Gasteiger partial charge in [0.05, 0.1) is 0 Å². The topological polar surface area (TPSA) is 127 Å². The van der Waals surface area contributed by atoms with Gasteiger partial charge in [-0.05, 0) is 6.16 Å². The fraction of sp³-hybridized carbons (Fsp3) is 0. The Morgan fingerprint density at radius 2 is 1.30 bits per heavy atom. The molecule has 0 aliphatic heterocycles. The van der Waals surface area contributed by atoms with Gasteiger partial charge in [0.25, 0.3) is 5.09 Å². The van der Waals surface area contributed by atoms with Crippen LogP contribution in [0.5, 0.6) is 0 Å². The van der Waals surface area contributed by atoms with Crippen LogP contribution in [0.25, 0.3) is 0 Å². The number of rotatable bonds is 0. The van der Waals surface area contributed by atoms with Gasteiger partial charge in [-0.15, -0.1) is 10.1 Å². The normalized spacial score (nSPS) is 4.80. The van der Waals surface area contributed by atoms with Crippen molar-refractivity contribution in [3.05, 3.63) is 10.1 Å². The summed E-state index contributed by atoms with van der Waals surface area (Å²) >= 11 is 0. The van der Waals surface area contributed by atoms with Gasteiger partial charge in [0, 0.05) is 0 Å². The Hall–Kier alpha value is 1.74. The monoisotopic (exact) mass is 201 g/mol. The maximum absolute atomic E-state index is 8.36. The van der Waals surface area contributed by atoms with Crippen LogP contribution in [0.2, 0.25) is 0 Å². The van der Waals surface area contributed by atoms with Gasteiger partial charge < -0.3 is 20.2 Å². The molecular formula is CHK2NO6. The van der Waals surface area contributed by atoms with Gasteiger partial charge in [0.1, 0.15) is 0 Å². The Bertz CT molecular complexity index is 73.7. The first-order valence-electron chi connectivity index (χ1n) is 1.18. The molecule has 0 saturated carbocycles. The van der Waals surface area contributed by atoms with Crippen molar-refractivity contribution in [3.63, 3.8) is 0 Å². The largest absolute Gasteiger partial charge is 1.00 e. The summed E-state index contributed by atoms with van der Waals surface area (Å²) in [5, 5.41) is 30.3. The van der Waals surface area contributed by atoms with Crippen molar-refractivity contribution < 1.29 is 128 Å². The average molecular weight is 201 g/mol. The van der Waals surface area contributed by atoms with E-state index in [1.807, 2.05) is 0 Å². The number of nitrogens with zero attached hydrogens (tertiary/aromatic N) is 1. The molecule has 0 unspecified atom stereocenters. The number of carbonyl (C=O) groups excluding carboxylic acids is 1. The Morgan fingerprint density at radius 1 is 1.30 bits per heavy atom. The standard InChI is InChI=1S/CH2O3.2K.HNO3/c2-1(3)4;;;2-1(3)4/h(H2,2,3,4);;;(H,2,3,4)/q;2*+1;/p-2. The molecule has 0 aliphatic carbocycles. The van der Waals surface area contributed by atoms with E-state index in [4.69, 9.17) is 30.3 Å². The van der Waals surface area contributed by atoms with Crippen LogP contribution in [-0.4, -0.2) is 16.4 Å². The van der Waals surface area contributed by atoms with Crippen LogP contribution >= 0.6 is 0 Å². The molecule has 0 atom stereocenters. The van der Waals surface area contributed by atoms with E-state index in [2.05, 4.69) is 0 Å². The van der Waals surface area contributed by atoms with E-state index in [-0.39, 0.29) is 103 Å². The molecular weight excluding hydrogens is 200 g/mol. The molecule has 0 aromatic rings. The third-order valence-electron chi connectivity index (χ3n) is 0. The summed E-state index contributed by atoms with van der Waals surface area (Å²) < 4.78 is 0. The average Bonchev–Trinajstić information content (AvgIpc) is 1.25. The molecule has 0 heterocycles. The first-order valence-corrected chi connectivity index (χ1v) is 1.18. The van der Waals surface area contributed by atoms with Crippen molar-refractivity contribution in [3.8, 4) is 0 Å². The van der Waals surface area contributed by atoms with Crippen LogP contribution in [0.4, 0.5) is 4.79 Å². The van der Waals surface area contributed by atoms with Crippen molar-refractivity contribution in [2.75, 3.05) is 0 Å². The molecule has 7 nitrogen and oxygen atoms in total. The van der Waals surface area contributed by atoms with Crippen molar-refractivity contribution in [1.29, 1.82) is 0 Å². The number of carboxylic acid groups (broad SMARTS) is 2. The summed E-state index contributed by atoms with van der Waals surface area (Å²) in [6.07, 6.45) is -2.33. The van der Waals surface area contributed by atoms with Gasteiger partial charge in [-0.25, -0.2) is 0 Å². The Balaban J connectivity index is -0.0000000300. The predicted molar refractivity (Wildman–Crippen MR) is 14.2 cm³/mol. The molecule has 0 amide bonds. The van der Waals surface area contributed by atoms with Crippen LogP contribution in [-0.2, 0) is 0 Å². The van der Waals surface area contributed by atoms with Crippen LogP contribution < -0.4 is 113 Å². The number of carbonyl (C=O) groups is 1. The maximum Gasteiger partial charge on any atom is 1.00 e. The van der Waals surface area contributed by atoms with Gasteiger partial charge in [-0.3, -0.25) is 0 Å². The molecule has 0 saturated heterocycles. The summed E-state index contributed by atoms with van der Waals surface area (Å²) in [7, 11) is 0. The molecule has 0 spiro atoms. The molecule has 9 heteroatoms. The quantitative estimate of drug-likeness (QED) is 0.235. The zero-order valence-electron chi connectivity index (χ0n) is 5.44. The molecule has 0 aromatic heterocycles. The predicted octanol–water partition coefficient (Wildman–Crippen LogP) is -8.79. The third kappa shape index (κ3) is 245. The van der Waals surface area contributed by atoms with Crippen LogP contribution in [0.15, 0.2) is 0 Å². The smallest absolute Gasteiger partial charge is 0.652 e. The molecule has 1 N–H and O–H groups in total. The Labute approximate surface area is 141 Å². The van der Waals surface area contributed by atoms with Crippen molar-refractivity contribution in [2.45, 2.75) is 0 Å². The van der Waals surface area contributed by atoms with Crippen LogP contribution in [0.1, 0.15) is 0 Å².